The Bertz CT molecular complexity index is 851. The average Bonchev–Trinajstić information content (AvgIpc) is 2.70. The lowest BCUT2D eigenvalue weighted by Gasteiger charge is -2.39. The van der Waals surface area contributed by atoms with Crippen molar-refractivity contribution in [1.82, 2.24) is 9.88 Å². The molecule has 3 heterocycles. The summed E-state index contributed by atoms with van der Waals surface area (Å²) >= 11 is 0. The topological polar surface area (TPSA) is 128 Å². The summed E-state index contributed by atoms with van der Waals surface area (Å²) in [6, 6.07) is 11.9. The van der Waals surface area contributed by atoms with Crippen LogP contribution in [0, 0.1) is 0 Å². The molecule has 0 bridgehead atoms. The summed E-state index contributed by atoms with van der Waals surface area (Å²) in [4.78, 5) is 11.2. The Morgan fingerprint density at radius 3 is 2.68 bits per heavy atom. The standard InChI is InChI=1S/C20H27N7O/c21-15(12-14-4-2-1-3-5-14)13-20(23)16-6-7-24-18(22)17(16)25-19(26-20)27-8-10-28-11-9-27/h1-7,15H,8-13,21,23H2,(H2,22,24)(H,25,26)/t15-,20?/m0/s1. The SMILES string of the molecule is Nc1nccc2c1NC(N1CCOCC1)=NC2(N)C[C@@H](N)Cc1ccccc1. The number of nitrogens with one attached hydrogen (secondary N) is 1. The smallest absolute Gasteiger partial charge is 0.200 e. The van der Waals surface area contributed by atoms with Crippen molar-refractivity contribution in [2.24, 2.45) is 16.5 Å². The number of fused-ring (bicyclic) bond motifs is 1. The number of nitrogens with two attached hydrogens (primary N) is 3. The number of nitrogen functional groups attached to an aromatic ring is 1. The van der Waals surface area contributed by atoms with Gasteiger partial charge in [0, 0.05) is 37.3 Å². The number of aliphatic imine (C=N–C) groups is 1. The molecule has 7 N–H and O–H groups in total. The fourth-order valence-corrected chi connectivity index (χ4v) is 3.83. The second-order valence-corrected chi connectivity index (χ2v) is 7.36. The molecule has 28 heavy (non-hydrogen) atoms. The van der Waals surface area contributed by atoms with Crippen LogP contribution in [0.2, 0.25) is 0 Å². The number of pyridine rings is 1. The average molecular weight is 381 g/mol. The molecule has 1 saturated heterocycles. The minimum absolute atomic E-state index is 0.151. The van der Waals surface area contributed by atoms with Gasteiger partial charge in [0.1, 0.15) is 11.5 Å². The van der Waals surface area contributed by atoms with Gasteiger partial charge in [0.25, 0.3) is 0 Å². The number of anilines is 2. The molecule has 0 aliphatic carbocycles. The van der Waals surface area contributed by atoms with Crippen LogP contribution in [0.1, 0.15) is 17.5 Å². The van der Waals surface area contributed by atoms with Crippen LogP contribution in [0.4, 0.5) is 11.5 Å². The summed E-state index contributed by atoms with van der Waals surface area (Å²) in [6.45, 7) is 2.79. The number of hydrogen-bond donors (Lipinski definition) is 4. The molecule has 1 aromatic carbocycles. The van der Waals surface area contributed by atoms with E-state index in [0.29, 0.717) is 37.1 Å². The molecule has 1 aromatic heterocycles. The molecule has 8 nitrogen and oxygen atoms in total. The number of ether oxygens (including phenoxy) is 1. The normalized spacial score (nSPS) is 22.8. The Kier molecular flexibility index (Phi) is 5.17. The van der Waals surface area contributed by atoms with Crippen LogP contribution >= 0.6 is 0 Å². The highest BCUT2D eigenvalue weighted by molar-refractivity contribution is 5.99. The van der Waals surface area contributed by atoms with E-state index < -0.39 is 5.66 Å². The Morgan fingerprint density at radius 2 is 1.93 bits per heavy atom. The molecule has 2 atom stereocenters. The lowest BCUT2D eigenvalue weighted by atomic mass is 9.89. The van der Waals surface area contributed by atoms with Crippen LogP contribution < -0.4 is 22.5 Å². The van der Waals surface area contributed by atoms with Crippen molar-refractivity contribution in [2.45, 2.75) is 24.5 Å². The molecule has 2 aliphatic heterocycles. The van der Waals surface area contributed by atoms with Gasteiger partial charge in [-0.2, -0.15) is 0 Å². The number of aromatic nitrogens is 1. The summed E-state index contributed by atoms with van der Waals surface area (Å²) in [6.07, 6.45) is 2.88. The Hall–Kier alpha value is -2.68. The van der Waals surface area contributed by atoms with Gasteiger partial charge in [0.05, 0.1) is 18.9 Å². The van der Waals surface area contributed by atoms with E-state index in [9.17, 15) is 0 Å². The number of hydrogen-bond acceptors (Lipinski definition) is 8. The van der Waals surface area contributed by atoms with E-state index in [2.05, 4.69) is 27.3 Å². The Morgan fingerprint density at radius 1 is 1.18 bits per heavy atom. The zero-order valence-corrected chi connectivity index (χ0v) is 15.8. The maximum atomic E-state index is 6.84. The Labute approximate surface area is 164 Å². The zero-order chi connectivity index (χ0) is 19.6. The number of benzene rings is 1. The zero-order valence-electron chi connectivity index (χ0n) is 15.8. The van der Waals surface area contributed by atoms with Crippen molar-refractivity contribution < 1.29 is 4.74 Å². The number of rotatable bonds is 4. The van der Waals surface area contributed by atoms with Gasteiger partial charge in [-0.1, -0.05) is 30.3 Å². The predicted molar refractivity (Wildman–Crippen MR) is 111 cm³/mol. The molecular formula is C20H27N7O. The maximum Gasteiger partial charge on any atom is 0.200 e. The number of nitrogens with zero attached hydrogens (tertiary/aromatic N) is 3. The molecule has 1 fully saturated rings. The molecule has 148 valence electrons. The fraction of sp³-hybridized carbons (Fsp3) is 0.400. The summed E-state index contributed by atoms with van der Waals surface area (Å²) in [5.74, 6) is 1.11. The molecular weight excluding hydrogens is 354 g/mol. The van der Waals surface area contributed by atoms with Crippen LogP contribution in [-0.4, -0.2) is 48.2 Å². The monoisotopic (exact) mass is 381 g/mol. The largest absolute Gasteiger partial charge is 0.382 e. The van der Waals surface area contributed by atoms with E-state index in [0.717, 1.165) is 25.1 Å². The molecule has 0 saturated carbocycles. The first kappa shape index (κ1) is 18.7. The van der Waals surface area contributed by atoms with Gasteiger partial charge < -0.3 is 32.2 Å². The first-order valence-corrected chi connectivity index (χ1v) is 9.58. The van der Waals surface area contributed by atoms with Gasteiger partial charge in [-0.3, -0.25) is 0 Å². The predicted octanol–water partition coefficient (Wildman–Crippen LogP) is 0.849. The van der Waals surface area contributed by atoms with Crippen molar-refractivity contribution >= 4 is 17.5 Å². The third-order valence-electron chi connectivity index (χ3n) is 5.21. The molecule has 2 aliphatic rings. The van der Waals surface area contributed by atoms with E-state index >= 15 is 0 Å². The molecule has 0 amide bonds. The van der Waals surface area contributed by atoms with E-state index in [-0.39, 0.29) is 6.04 Å². The second-order valence-electron chi connectivity index (χ2n) is 7.36. The van der Waals surface area contributed by atoms with Gasteiger partial charge >= 0.3 is 0 Å². The van der Waals surface area contributed by atoms with Gasteiger partial charge in [-0.25, -0.2) is 9.98 Å². The van der Waals surface area contributed by atoms with Crippen molar-refractivity contribution in [3.05, 3.63) is 53.7 Å². The highest BCUT2D eigenvalue weighted by atomic mass is 16.5. The highest BCUT2D eigenvalue weighted by Gasteiger charge is 2.38. The molecule has 1 unspecified atom stereocenters. The fourth-order valence-electron chi connectivity index (χ4n) is 3.83. The lowest BCUT2D eigenvalue weighted by molar-refractivity contribution is 0.0673. The van der Waals surface area contributed by atoms with Gasteiger partial charge in [0.2, 0.25) is 5.96 Å². The van der Waals surface area contributed by atoms with Crippen LogP contribution in [0.25, 0.3) is 0 Å². The summed E-state index contributed by atoms with van der Waals surface area (Å²) in [7, 11) is 0. The molecule has 8 heteroatoms. The van der Waals surface area contributed by atoms with Crippen LogP contribution in [0.5, 0.6) is 0 Å². The first-order valence-electron chi connectivity index (χ1n) is 9.58. The lowest BCUT2D eigenvalue weighted by Crippen LogP contribution is -2.51. The van der Waals surface area contributed by atoms with Crippen LogP contribution in [0.3, 0.4) is 0 Å². The van der Waals surface area contributed by atoms with E-state index in [1.165, 1.54) is 5.56 Å². The molecule has 4 rings (SSSR count). The van der Waals surface area contributed by atoms with Crippen molar-refractivity contribution in [2.75, 3.05) is 37.4 Å². The van der Waals surface area contributed by atoms with Gasteiger partial charge in [0.15, 0.2) is 0 Å². The third kappa shape index (κ3) is 3.80. The minimum atomic E-state index is -0.973. The van der Waals surface area contributed by atoms with E-state index in [1.807, 2.05) is 24.3 Å². The van der Waals surface area contributed by atoms with Crippen molar-refractivity contribution in [3.8, 4) is 0 Å². The highest BCUT2D eigenvalue weighted by Crippen LogP contribution is 2.37. The summed E-state index contributed by atoms with van der Waals surface area (Å²) < 4.78 is 5.45. The summed E-state index contributed by atoms with van der Waals surface area (Å²) in [5.41, 5.74) is 21.2. The third-order valence-corrected chi connectivity index (χ3v) is 5.21. The molecule has 0 spiro atoms. The maximum absolute atomic E-state index is 6.84. The van der Waals surface area contributed by atoms with Crippen molar-refractivity contribution in [3.63, 3.8) is 0 Å². The van der Waals surface area contributed by atoms with E-state index in [4.69, 9.17) is 26.9 Å². The van der Waals surface area contributed by atoms with Crippen molar-refractivity contribution in [1.29, 1.82) is 0 Å². The number of guanidine groups is 1. The molecule has 0 radical (unpaired) electrons. The first-order chi connectivity index (χ1) is 13.5. The molecule has 2 aromatic rings. The van der Waals surface area contributed by atoms with E-state index in [1.54, 1.807) is 6.20 Å². The second kappa shape index (κ2) is 7.75. The Balaban J connectivity index is 1.63. The number of morpholine rings is 1. The minimum Gasteiger partial charge on any atom is -0.382 e. The van der Waals surface area contributed by atoms with Gasteiger partial charge in [-0.05, 0) is 18.1 Å². The van der Waals surface area contributed by atoms with Gasteiger partial charge in [-0.15, -0.1) is 0 Å². The quantitative estimate of drug-likeness (QED) is 0.618. The summed E-state index contributed by atoms with van der Waals surface area (Å²) in [5, 5.41) is 3.33. The van der Waals surface area contributed by atoms with Crippen LogP contribution in [0.15, 0.2) is 47.6 Å². The van der Waals surface area contributed by atoms with Crippen LogP contribution in [-0.2, 0) is 16.8 Å².